The maximum absolute atomic E-state index is 14.5. The molecule has 4 heterocycles. The Balaban J connectivity index is 1.28. The third kappa shape index (κ3) is 5.16. The number of hydrogen-bond acceptors (Lipinski definition) is 7. The van der Waals surface area contributed by atoms with Gasteiger partial charge in [0.05, 0.1) is 35.6 Å². The number of carbonyl (C=O) groups is 1. The predicted octanol–water partition coefficient (Wildman–Crippen LogP) is 4.35. The Labute approximate surface area is 255 Å². The van der Waals surface area contributed by atoms with E-state index in [0.29, 0.717) is 42.9 Å². The summed E-state index contributed by atoms with van der Waals surface area (Å²) in [6, 6.07) is 16.2. The van der Waals surface area contributed by atoms with Crippen LogP contribution >= 0.6 is 0 Å². The number of amides is 1. The number of hydrogen-bond donors (Lipinski definition) is 2. The van der Waals surface area contributed by atoms with E-state index < -0.39 is 5.60 Å². The molecule has 2 aromatic heterocycles. The van der Waals surface area contributed by atoms with Crippen molar-refractivity contribution in [3.63, 3.8) is 0 Å². The summed E-state index contributed by atoms with van der Waals surface area (Å²) in [6.07, 6.45) is 7.44. The first-order chi connectivity index (χ1) is 21.3. The summed E-state index contributed by atoms with van der Waals surface area (Å²) in [5.74, 6) is 0.447. The molecule has 3 aliphatic rings. The van der Waals surface area contributed by atoms with Gasteiger partial charge in [-0.15, -0.1) is 0 Å². The van der Waals surface area contributed by atoms with Gasteiger partial charge in [-0.1, -0.05) is 55.8 Å². The van der Waals surface area contributed by atoms with Crippen LogP contribution in [0.3, 0.4) is 0 Å². The minimum Gasteiger partial charge on any atom is -0.388 e. The van der Waals surface area contributed by atoms with Crippen molar-refractivity contribution in [3.8, 4) is 11.1 Å². The maximum atomic E-state index is 14.5. The smallest absolute Gasteiger partial charge is 0.259 e. The number of carbonyl (C=O) groups excluding carboxylic acids is 1. The van der Waals surface area contributed by atoms with Crippen LogP contribution in [0.1, 0.15) is 87.2 Å². The number of nitrogens with zero attached hydrogens (tertiary/aromatic N) is 5. The van der Waals surface area contributed by atoms with Gasteiger partial charge >= 0.3 is 0 Å². The number of aromatic nitrogens is 4. The van der Waals surface area contributed by atoms with Crippen LogP contribution in [0.15, 0.2) is 64.8 Å². The molecule has 2 aromatic carbocycles. The molecule has 1 saturated heterocycles. The van der Waals surface area contributed by atoms with Crippen molar-refractivity contribution < 1.29 is 14.6 Å². The van der Waals surface area contributed by atoms with Gasteiger partial charge in [-0.05, 0) is 61.8 Å². The first kappa shape index (κ1) is 28.6. The first-order valence-electron chi connectivity index (χ1n) is 15.6. The summed E-state index contributed by atoms with van der Waals surface area (Å²) in [5.41, 5.74) is 7.60. The fraction of sp³-hybridized carbons (Fsp3) is 0.441. The number of aliphatic hydroxyl groups is 1. The summed E-state index contributed by atoms with van der Waals surface area (Å²) in [6.45, 7) is 4.29. The molecule has 7 rings (SSSR count). The molecule has 0 radical (unpaired) electrons. The topological polar surface area (TPSA) is 123 Å². The molecule has 1 atom stereocenters. The van der Waals surface area contributed by atoms with Crippen LogP contribution in [0.4, 0.5) is 0 Å². The lowest BCUT2D eigenvalue weighted by molar-refractivity contribution is -0.119. The fourth-order valence-electron chi connectivity index (χ4n) is 7.42. The van der Waals surface area contributed by atoms with E-state index in [4.69, 9.17) is 4.74 Å². The van der Waals surface area contributed by atoms with Gasteiger partial charge in [-0.25, -0.2) is 9.94 Å². The van der Waals surface area contributed by atoms with Crippen LogP contribution < -0.4 is 11.0 Å². The molecule has 0 bridgehead atoms. The lowest BCUT2D eigenvalue weighted by Crippen LogP contribution is -2.39. The van der Waals surface area contributed by atoms with Crippen LogP contribution in [0.5, 0.6) is 0 Å². The summed E-state index contributed by atoms with van der Waals surface area (Å²) in [5, 5.41) is 19.5. The van der Waals surface area contributed by atoms with Crippen LogP contribution in [0.25, 0.3) is 16.9 Å². The highest BCUT2D eigenvalue weighted by molar-refractivity contribution is 6.16. The number of nitrogens with one attached hydrogen (secondary N) is 1. The van der Waals surface area contributed by atoms with Gasteiger partial charge in [0.1, 0.15) is 6.33 Å². The van der Waals surface area contributed by atoms with Gasteiger partial charge in [-0.2, -0.15) is 15.2 Å². The quantitative estimate of drug-likeness (QED) is 0.328. The lowest BCUT2D eigenvalue weighted by Gasteiger charge is -2.37. The van der Waals surface area contributed by atoms with Crippen LogP contribution in [0.2, 0.25) is 0 Å². The Morgan fingerprint density at radius 1 is 1.09 bits per heavy atom. The average molecular weight is 595 g/mol. The van der Waals surface area contributed by atoms with Gasteiger partial charge in [-0.3, -0.25) is 14.2 Å². The van der Waals surface area contributed by atoms with Crippen molar-refractivity contribution in [2.45, 2.75) is 88.9 Å². The summed E-state index contributed by atoms with van der Waals surface area (Å²) < 4.78 is 9.84. The van der Waals surface area contributed by atoms with Crippen molar-refractivity contribution in [1.29, 1.82) is 0 Å². The molecular formula is C34H38N6O4. The highest BCUT2D eigenvalue weighted by atomic mass is 16.5. The molecule has 228 valence electrons. The third-order valence-electron chi connectivity index (χ3n) is 9.44. The normalized spacial score (nSPS) is 25.1. The minimum absolute atomic E-state index is 0.0297. The summed E-state index contributed by atoms with van der Waals surface area (Å²) >= 11 is 0. The molecule has 1 aliphatic carbocycles. The number of hydrazone groups is 1. The third-order valence-corrected chi connectivity index (χ3v) is 9.44. The van der Waals surface area contributed by atoms with Gasteiger partial charge in [0.15, 0.2) is 0 Å². The molecule has 1 amide bonds. The number of ether oxygens (including phenoxy) is 1. The molecule has 10 heteroatoms. The number of rotatable bonds is 7. The van der Waals surface area contributed by atoms with Crippen LogP contribution in [-0.4, -0.2) is 53.7 Å². The Hall–Kier alpha value is -4.15. The van der Waals surface area contributed by atoms with Crippen molar-refractivity contribution in [3.05, 3.63) is 87.6 Å². The van der Waals surface area contributed by atoms with E-state index in [-0.39, 0.29) is 29.5 Å². The van der Waals surface area contributed by atoms with Gasteiger partial charge in [0.25, 0.3) is 5.56 Å². The van der Waals surface area contributed by atoms with Crippen molar-refractivity contribution in [2.24, 2.45) is 5.10 Å². The van der Waals surface area contributed by atoms with E-state index in [1.807, 2.05) is 46.3 Å². The fourth-order valence-corrected chi connectivity index (χ4v) is 7.42. The monoisotopic (exact) mass is 594 g/mol. The second-order valence-electron chi connectivity index (χ2n) is 12.9. The Morgan fingerprint density at radius 3 is 2.57 bits per heavy atom. The molecular weight excluding hydrogens is 556 g/mol. The van der Waals surface area contributed by atoms with E-state index >= 15 is 0 Å². The molecule has 1 spiro atoms. The number of benzene rings is 2. The van der Waals surface area contributed by atoms with Crippen molar-refractivity contribution in [1.82, 2.24) is 24.6 Å². The van der Waals surface area contributed by atoms with E-state index in [1.165, 1.54) is 6.33 Å². The minimum atomic E-state index is -0.804. The molecule has 2 N–H and O–H groups in total. The zero-order chi connectivity index (χ0) is 30.5. The standard InChI is InChI=1S/C34H38N6O4/c1-3-7-29-27(17-22-10-11-25(23-8-5-4-6-9-23)26(16-22)28-18-30(41)38-37-28)31(42)39(32-35-21-36-40(29)32)24-12-14-34(15-13-24)19-33(2,43)20-44-34/h4-6,8-11,16,21,24,43H,3,7,12-15,17-20H2,1-2H3,(H,38,41). The maximum Gasteiger partial charge on any atom is 0.259 e. The Morgan fingerprint density at radius 2 is 1.89 bits per heavy atom. The van der Waals surface area contributed by atoms with Gasteiger partial charge < -0.3 is 9.84 Å². The Kier molecular flexibility index (Phi) is 7.21. The first-order valence-corrected chi connectivity index (χ1v) is 15.6. The average Bonchev–Trinajstić information content (AvgIpc) is 3.75. The van der Waals surface area contributed by atoms with Crippen LogP contribution in [-0.2, 0) is 22.4 Å². The molecule has 2 fully saturated rings. The zero-order valence-electron chi connectivity index (χ0n) is 25.3. The number of fused-ring (bicyclic) bond motifs is 1. The molecule has 44 heavy (non-hydrogen) atoms. The highest BCUT2D eigenvalue weighted by Gasteiger charge is 2.48. The lowest BCUT2D eigenvalue weighted by atomic mass is 9.78. The molecule has 1 unspecified atom stereocenters. The largest absolute Gasteiger partial charge is 0.388 e. The summed E-state index contributed by atoms with van der Waals surface area (Å²) in [4.78, 5) is 31.2. The number of aryl methyl sites for hydroxylation is 1. The molecule has 1 saturated carbocycles. The van der Waals surface area contributed by atoms with Crippen LogP contribution in [0, 0.1) is 0 Å². The molecule has 4 aromatic rings. The van der Waals surface area contributed by atoms with E-state index in [9.17, 15) is 14.7 Å². The molecule has 2 aliphatic heterocycles. The van der Waals surface area contributed by atoms with E-state index in [0.717, 1.165) is 60.1 Å². The Bertz CT molecular complexity index is 1810. The summed E-state index contributed by atoms with van der Waals surface area (Å²) in [7, 11) is 0. The van der Waals surface area contributed by atoms with Gasteiger partial charge in [0.2, 0.25) is 11.7 Å². The highest BCUT2D eigenvalue weighted by Crippen LogP contribution is 2.46. The second-order valence-corrected chi connectivity index (χ2v) is 12.9. The van der Waals surface area contributed by atoms with Gasteiger partial charge in [0, 0.05) is 30.0 Å². The SMILES string of the molecule is CCCc1c(Cc2ccc(-c3ccccc3)c(C3=NNC(=O)C3)c2)c(=O)n(C2CCC3(CC2)CC(C)(O)CO3)c2ncnn12. The van der Waals surface area contributed by atoms with E-state index in [2.05, 4.69) is 45.7 Å². The molecule has 10 nitrogen and oxygen atoms in total. The van der Waals surface area contributed by atoms with E-state index in [1.54, 1.807) is 0 Å². The predicted molar refractivity (Wildman–Crippen MR) is 167 cm³/mol. The second kappa shape index (κ2) is 11.1. The van der Waals surface area contributed by atoms with Crippen molar-refractivity contribution >= 4 is 17.4 Å². The van der Waals surface area contributed by atoms with Crippen molar-refractivity contribution in [2.75, 3.05) is 6.61 Å². The zero-order valence-corrected chi connectivity index (χ0v) is 25.3.